The Morgan fingerprint density at radius 3 is 2.52 bits per heavy atom. The molecular formula is C19H15NO. The van der Waals surface area contributed by atoms with E-state index in [4.69, 9.17) is 0 Å². The third kappa shape index (κ3) is 2.73. The monoisotopic (exact) mass is 273 g/mol. The average Bonchev–Trinajstić information content (AvgIpc) is 2.88. The summed E-state index contributed by atoms with van der Waals surface area (Å²) < 4.78 is 1.98. The maximum absolute atomic E-state index is 11.8. The van der Waals surface area contributed by atoms with Crippen LogP contribution in [0.2, 0.25) is 0 Å². The van der Waals surface area contributed by atoms with E-state index in [2.05, 4.69) is 11.8 Å². The molecule has 102 valence electrons. The third-order valence-corrected chi connectivity index (χ3v) is 3.41. The number of aromatic nitrogens is 1. The highest BCUT2D eigenvalue weighted by molar-refractivity contribution is 5.98. The van der Waals surface area contributed by atoms with E-state index >= 15 is 0 Å². The van der Waals surface area contributed by atoms with Crippen LogP contribution >= 0.6 is 0 Å². The smallest absolute Gasteiger partial charge is 0.176 e. The summed E-state index contributed by atoms with van der Waals surface area (Å²) in [4.78, 5) is 11.8. The second kappa shape index (κ2) is 5.68. The maximum atomic E-state index is 11.8. The fourth-order valence-electron chi connectivity index (χ4n) is 2.41. The van der Waals surface area contributed by atoms with Crippen LogP contribution in [0.5, 0.6) is 0 Å². The van der Waals surface area contributed by atoms with E-state index in [0.29, 0.717) is 12.2 Å². The molecule has 2 heteroatoms. The molecule has 0 saturated heterocycles. The first-order chi connectivity index (χ1) is 10.3. The minimum atomic E-state index is 0.0627. The second-order valence-corrected chi connectivity index (χ2v) is 4.90. The van der Waals surface area contributed by atoms with Crippen LogP contribution in [-0.2, 0) is 6.54 Å². The molecule has 2 aromatic carbocycles. The van der Waals surface area contributed by atoms with Gasteiger partial charge in [0.2, 0.25) is 0 Å². The number of rotatable bonds is 2. The van der Waals surface area contributed by atoms with Crippen LogP contribution in [0.25, 0.3) is 10.9 Å². The Morgan fingerprint density at radius 2 is 1.76 bits per heavy atom. The van der Waals surface area contributed by atoms with Gasteiger partial charge in [0.25, 0.3) is 0 Å². The molecule has 0 aliphatic rings. The molecule has 0 N–H and O–H groups in total. The zero-order valence-electron chi connectivity index (χ0n) is 11.8. The summed E-state index contributed by atoms with van der Waals surface area (Å²) in [6.45, 7) is 2.10. The Hall–Kier alpha value is -2.79. The van der Waals surface area contributed by atoms with Crippen molar-refractivity contribution in [1.29, 1.82) is 0 Å². The molecule has 0 bridgehead atoms. The first-order valence-corrected chi connectivity index (χ1v) is 6.89. The Kier molecular flexibility index (Phi) is 3.57. The molecule has 0 spiro atoms. The molecular weight excluding hydrogens is 258 g/mol. The van der Waals surface area contributed by atoms with Gasteiger partial charge >= 0.3 is 0 Å². The van der Waals surface area contributed by atoms with Gasteiger partial charge in [-0.25, -0.2) is 0 Å². The normalized spacial score (nSPS) is 10.1. The molecule has 0 aliphatic carbocycles. The average molecular weight is 273 g/mol. The molecule has 0 saturated carbocycles. The molecule has 0 atom stereocenters. The van der Waals surface area contributed by atoms with Crippen molar-refractivity contribution >= 4 is 16.7 Å². The summed E-state index contributed by atoms with van der Waals surface area (Å²) in [6, 6.07) is 19.8. The van der Waals surface area contributed by atoms with Crippen LogP contribution in [0.4, 0.5) is 0 Å². The van der Waals surface area contributed by atoms with E-state index in [0.717, 1.165) is 16.5 Å². The Balaban J connectivity index is 1.98. The van der Waals surface area contributed by atoms with E-state index in [1.165, 1.54) is 0 Å². The minimum Gasteiger partial charge on any atom is -0.326 e. The predicted molar refractivity (Wildman–Crippen MR) is 85.3 cm³/mol. The quantitative estimate of drug-likeness (QED) is 0.513. The molecule has 21 heavy (non-hydrogen) atoms. The predicted octanol–water partition coefficient (Wildman–Crippen LogP) is 3.90. The standard InChI is InChI=1S/C19H15NO/c1-15(21)19-14-17-11-5-6-12-18(17)20(19)13-7-10-16-8-3-2-4-9-16/h2-6,8-9,11-12,14H,13H2,1H3. The van der Waals surface area contributed by atoms with Crippen LogP contribution in [0.15, 0.2) is 60.7 Å². The van der Waals surface area contributed by atoms with Gasteiger partial charge in [-0.3, -0.25) is 4.79 Å². The summed E-state index contributed by atoms with van der Waals surface area (Å²) in [7, 11) is 0. The van der Waals surface area contributed by atoms with E-state index in [9.17, 15) is 4.79 Å². The zero-order valence-corrected chi connectivity index (χ0v) is 11.8. The van der Waals surface area contributed by atoms with Gasteiger partial charge in [-0.15, -0.1) is 0 Å². The second-order valence-electron chi connectivity index (χ2n) is 4.90. The lowest BCUT2D eigenvalue weighted by Gasteiger charge is -2.04. The van der Waals surface area contributed by atoms with E-state index in [1.807, 2.05) is 65.2 Å². The van der Waals surface area contributed by atoms with E-state index in [1.54, 1.807) is 6.92 Å². The number of carbonyl (C=O) groups excluding carboxylic acids is 1. The van der Waals surface area contributed by atoms with Crippen LogP contribution in [0.1, 0.15) is 23.0 Å². The van der Waals surface area contributed by atoms with Crippen LogP contribution in [0, 0.1) is 11.8 Å². The first kappa shape index (κ1) is 13.2. The molecule has 1 aromatic heterocycles. The molecule has 0 radical (unpaired) electrons. The number of fused-ring (bicyclic) bond motifs is 1. The van der Waals surface area contributed by atoms with Gasteiger partial charge in [-0.2, -0.15) is 0 Å². The number of para-hydroxylation sites is 1. The molecule has 1 heterocycles. The van der Waals surface area contributed by atoms with Crippen LogP contribution < -0.4 is 0 Å². The van der Waals surface area contributed by atoms with Gasteiger partial charge in [0, 0.05) is 23.4 Å². The van der Waals surface area contributed by atoms with E-state index < -0.39 is 0 Å². The highest BCUT2D eigenvalue weighted by Gasteiger charge is 2.10. The first-order valence-electron chi connectivity index (χ1n) is 6.89. The lowest BCUT2D eigenvalue weighted by Crippen LogP contribution is -2.05. The maximum Gasteiger partial charge on any atom is 0.176 e. The molecule has 0 fully saturated rings. The van der Waals surface area contributed by atoms with Gasteiger partial charge in [0.15, 0.2) is 5.78 Å². The number of benzene rings is 2. The van der Waals surface area contributed by atoms with Crippen molar-refractivity contribution in [2.45, 2.75) is 13.5 Å². The van der Waals surface area contributed by atoms with Crippen molar-refractivity contribution in [1.82, 2.24) is 4.57 Å². The van der Waals surface area contributed by atoms with Gasteiger partial charge in [-0.05, 0) is 24.3 Å². The Labute approximate surface area is 124 Å². The van der Waals surface area contributed by atoms with Crippen molar-refractivity contribution < 1.29 is 4.79 Å². The number of carbonyl (C=O) groups is 1. The summed E-state index contributed by atoms with van der Waals surface area (Å²) >= 11 is 0. The lowest BCUT2D eigenvalue weighted by atomic mass is 10.2. The Morgan fingerprint density at radius 1 is 1.05 bits per heavy atom. The van der Waals surface area contributed by atoms with Crippen molar-refractivity contribution in [2.75, 3.05) is 0 Å². The number of hydrogen-bond acceptors (Lipinski definition) is 1. The number of Topliss-reactive ketones (excluding diaryl/α,β-unsaturated/α-hetero) is 1. The molecule has 3 rings (SSSR count). The highest BCUT2D eigenvalue weighted by atomic mass is 16.1. The van der Waals surface area contributed by atoms with Crippen molar-refractivity contribution in [3.8, 4) is 11.8 Å². The van der Waals surface area contributed by atoms with Crippen LogP contribution in [-0.4, -0.2) is 10.4 Å². The Bertz CT molecular complexity index is 847. The molecule has 0 amide bonds. The largest absolute Gasteiger partial charge is 0.326 e. The zero-order chi connectivity index (χ0) is 14.7. The fourth-order valence-corrected chi connectivity index (χ4v) is 2.41. The van der Waals surface area contributed by atoms with Crippen LogP contribution in [0.3, 0.4) is 0 Å². The van der Waals surface area contributed by atoms with Gasteiger partial charge < -0.3 is 4.57 Å². The van der Waals surface area contributed by atoms with E-state index in [-0.39, 0.29) is 5.78 Å². The van der Waals surface area contributed by atoms with Crippen molar-refractivity contribution in [3.63, 3.8) is 0 Å². The number of nitrogens with zero attached hydrogens (tertiary/aromatic N) is 1. The molecule has 2 nitrogen and oxygen atoms in total. The lowest BCUT2D eigenvalue weighted by molar-refractivity contribution is 0.101. The number of ketones is 1. The van der Waals surface area contributed by atoms with Gasteiger partial charge in [0.05, 0.1) is 12.2 Å². The summed E-state index contributed by atoms with van der Waals surface area (Å²) in [5.74, 6) is 6.35. The summed E-state index contributed by atoms with van der Waals surface area (Å²) in [6.07, 6.45) is 0. The summed E-state index contributed by atoms with van der Waals surface area (Å²) in [5.41, 5.74) is 2.74. The third-order valence-electron chi connectivity index (χ3n) is 3.41. The van der Waals surface area contributed by atoms with Crippen molar-refractivity contribution in [3.05, 3.63) is 71.9 Å². The molecule has 0 aliphatic heterocycles. The minimum absolute atomic E-state index is 0.0627. The van der Waals surface area contributed by atoms with Crippen molar-refractivity contribution in [2.24, 2.45) is 0 Å². The molecule has 0 unspecified atom stereocenters. The van der Waals surface area contributed by atoms with Gasteiger partial charge in [0.1, 0.15) is 0 Å². The fraction of sp³-hybridized carbons (Fsp3) is 0.105. The topological polar surface area (TPSA) is 22.0 Å². The van der Waals surface area contributed by atoms with Gasteiger partial charge in [-0.1, -0.05) is 48.2 Å². The number of hydrogen-bond donors (Lipinski definition) is 0. The SMILES string of the molecule is CC(=O)c1cc2ccccc2n1CC#Cc1ccccc1. The summed E-state index contributed by atoms with van der Waals surface area (Å²) in [5, 5.41) is 1.07. The molecule has 3 aromatic rings. The highest BCUT2D eigenvalue weighted by Crippen LogP contribution is 2.19.